The first kappa shape index (κ1) is 15.1. The average Bonchev–Trinajstić information content (AvgIpc) is 2.60. The van der Waals surface area contributed by atoms with E-state index in [1.807, 2.05) is 12.1 Å². The Balaban J connectivity index is 1.93. The van der Waals surface area contributed by atoms with Gasteiger partial charge < -0.3 is 9.64 Å². The molecule has 0 radical (unpaired) electrons. The minimum atomic E-state index is -0.177. The molecule has 0 amide bonds. The highest BCUT2D eigenvalue weighted by Crippen LogP contribution is 2.49. The van der Waals surface area contributed by atoms with Crippen LogP contribution in [0.15, 0.2) is 55.1 Å². The quantitative estimate of drug-likeness (QED) is 0.746. The zero-order valence-corrected chi connectivity index (χ0v) is 14.6. The lowest BCUT2D eigenvalue weighted by Gasteiger charge is -2.49. The van der Waals surface area contributed by atoms with Gasteiger partial charge in [-0.15, -0.1) is 0 Å². The maximum absolute atomic E-state index is 5.32. The Bertz CT molecular complexity index is 843. The summed E-state index contributed by atoms with van der Waals surface area (Å²) < 4.78 is 5.32. The second kappa shape index (κ2) is 5.27. The van der Waals surface area contributed by atoms with Crippen LogP contribution in [0.2, 0.25) is 0 Å². The largest absolute Gasteiger partial charge is 0.497 e. The lowest BCUT2D eigenvalue weighted by molar-refractivity contribution is 0.415. The zero-order valence-electron chi connectivity index (χ0n) is 14.6. The highest BCUT2D eigenvalue weighted by Gasteiger charge is 2.40. The van der Waals surface area contributed by atoms with E-state index in [1.54, 1.807) is 7.11 Å². The number of hydrogen-bond donors (Lipinski definition) is 0. The summed E-state index contributed by atoms with van der Waals surface area (Å²) in [5.41, 5.74) is 7.58. The molecule has 24 heavy (non-hydrogen) atoms. The molecule has 2 heteroatoms. The van der Waals surface area contributed by atoms with Gasteiger partial charge in [0.05, 0.1) is 12.6 Å². The molecule has 0 fully saturated rings. The smallest absolute Gasteiger partial charge is 0.119 e. The molecule has 0 spiro atoms. The fourth-order valence-corrected chi connectivity index (χ4v) is 3.99. The molecule has 0 saturated carbocycles. The summed E-state index contributed by atoms with van der Waals surface area (Å²) in [5, 5.41) is 0. The molecule has 2 aromatic rings. The van der Waals surface area contributed by atoms with Gasteiger partial charge in [0.2, 0.25) is 0 Å². The average molecular weight is 317 g/mol. The van der Waals surface area contributed by atoms with E-state index in [9.17, 15) is 0 Å². The molecule has 1 aliphatic heterocycles. The molecule has 0 atom stereocenters. The van der Waals surface area contributed by atoms with Crippen molar-refractivity contribution in [1.29, 1.82) is 0 Å². The van der Waals surface area contributed by atoms with Crippen molar-refractivity contribution in [2.45, 2.75) is 32.2 Å². The molecule has 122 valence electrons. The third-order valence-corrected chi connectivity index (χ3v) is 5.35. The number of anilines is 1. The number of nitrogens with zero attached hydrogens (tertiary/aromatic N) is 1. The molecule has 2 aromatic carbocycles. The van der Waals surface area contributed by atoms with Gasteiger partial charge in [0, 0.05) is 16.9 Å². The number of benzene rings is 2. The highest BCUT2D eigenvalue weighted by molar-refractivity contribution is 5.98. The molecule has 0 saturated heterocycles. The van der Waals surface area contributed by atoms with Crippen LogP contribution in [0.1, 0.15) is 37.0 Å². The third-order valence-electron chi connectivity index (χ3n) is 5.35. The minimum Gasteiger partial charge on any atom is -0.497 e. The maximum Gasteiger partial charge on any atom is 0.119 e. The molecular weight excluding hydrogens is 294 g/mol. The SMILES string of the molecule is C=C1c2cccc3c2C(=CCC3)N(c2ccc(OC)cc2)C1(C)C. The van der Waals surface area contributed by atoms with E-state index in [-0.39, 0.29) is 5.54 Å². The van der Waals surface area contributed by atoms with Crippen molar-refractivity contribution in [2.75, 3.05) is 12.0 Å². The molecule has 1 heterocycles. The Labute approximate surface area is 144 Å². The number of allylic oxidation sites excluding steroid dienone is 1. The van der Waals surface area contributed by atoms with E-state index in [0.29, 0.717) is 0 Å². The van der Waals surface area contributed by atoms with Crippen molar-refractivity contribution in [1.82, 2.24) is 0 Å². The first-order valence-corrected chi connectivity index (χ1v) is 8.50. The normalized spacial score (nSPS) is 18.0. The van der Waals surface area contributed by atoms with E-state index < -0.39 is 0 Å². The molecule has 0 unspecified atom stereocenters. The predicted octanol–water partition coefficient (Wildman–Crippen LogP) is 5.29. The van der Waals surface area contributed by atoms with E-state index in [0.717, 1.165) is 18.6 Å². The van der Waals surface area contributed by atoms with Crippen LogP contribution in [-0.2, 0) is 6.42 Å². The van der Waals surface area contributed by atoms with Crippen molar-refractivity contribution in [2.24, 2.45) is 0 Å². The van der Waals surface area contributed by atoms with Crippen LogP contribution in [0.5, 0.6) is 5.75 Å². The lowest BCUT2D eigenvalue weighted by atomic mass is 9.75. The van der Waals surface area contributed by atoms with E-state index in [2.05, 4.69) is 61.7 Å². The summed E-state index contributed by atoms with van der Waals surface area (Å²) in [4.78, 5) is 2.43. The van der Waals surface area contributed by atoms with Crippen molar-refractivity contribution < 1.29 is 4.74 Å². The molecule has 2 nitrogen and oxygen atoms in total. The van der Waals surface area contributed by atoms with Gasteiger partial charge >= 0.3 is 0 Å². The molecule has 2 aliphatic rings. The van der Waals surface area contributed by atoms with E-state index in [1.165, 1.54) is 33.6 Å². The van der Waals surface area contributed by atoms with Crippen LogP contribution in [0.4, 0.5) is 5.69 Å². The fraction of sp³-hybridized carbons (Fsp3) is 0.273. The van der Waals surface area contributed by atoms with Crippen LogP contribution in [-0.4, -0.2) is 12.6 Å². The van der Waals surface area contributed by atoms with Gasteiger partial charge in [-0.25, -0.2) is 0 Å². The summed E-state index contributed by atoms with van der Waals surface area (Å²) in [6, 6.07) is 15.0. The van der Waals surface area contributed by atoms with Crippen LogP contribution in [0, 0.1) is 0 Å². The third kappa shape index (κ3) is 2.02. The van der Waals surface area contributed by atoms with E-state index in [4.69, 9.17) is 4.74 Å². The Morgan fingerprint density at radius 2 is 1.83 bits per heavy atom. The monoisotopic (exact) mass is 317 g/mol. The van der Waals surface area contributed by atoms with Gasteiger partial charge in [-0.2, -0.15) is 0 Å². The molecule has 0 N–H and O–H groups in total. The van der Waals surface area contributed by atoms with E-state index >= 15 is 0 Å². The molecular formula is C22H23NO. The van der Waals surface area contributed by atoms with Gasteiger partial charge in [-0.1, -0.05) is 30.9 Å². The Hall–Kier alpha value is -2.48. The maximum atomic E-state index is 5.32. The minimum absolute atomic E-state index is 0.177. The molecule has 0 bridgehead atoms. The Morgan fingerprint density at radius 1 is 1.08 bits per heavy atom. The summed E-state index contributed by atoms with van der Waals surface area (Å²) in [6.07, 6.45) is 4.57. The first-order chi connectivity index (χ1) is 11.5. The zero-order chi connectivity index (χ0) is 16.9. The first-order valence-electron chi connectivity index (χ1n) is 8.50. The number of ether oxygens (including phenoxy) is 1. The van der Waals surface area contributed by atoms with Crippen LogP contribution >= 0.6 is 0 Å². The molecule has 0 aromatic heterocycles. The fourth-order valence-electron chi connectivity index (χ4n) is 3.99. The van der Waals surface area contributed by atoms with Crippen molar-refractivity contribution in [3.8, 4) is 5.75 Å². The Morgan fingerprint density at radius 3 is 2.54 bits per heavy atom. The number of aryl methyl sites for hydroxylation is 1. The molecule has 1 aliphatic carbocycles. The summed E-state index contributed by atoms with van der Waals surface area (Å²) >= 11 is 0. The summed E-state index contributed by atoms with van der Waals surface area (Å²) in [6.45, 7) is 8.97. The van der Waals surface area contributed by atoms with Gasteiger partial charge in [0.1, 0.15) is 5.75 Å². The number of methoxy groups -OCH3 is 1. The Kier molecular flexibility index (Phi) is 3.31. The van der Waals surface area contributed by atoms with Gasteiger partial charge in [0.15, 0.2) is 0 Å². The van der Waals surface area contributed by atoms with Gasteiger partial charge in [0.25, 0.3) is 0 Å². The molecule has 4 rings (SSSR count). The number of rotatable bonds is 2. The lowest BCUT2D eigenvalue weighted by Crippen LogP contribution is -2.47. The van der Waals surface area contributed by atoms with Crippen molar-refractivity contribution in [3.05, 3.63) is 71.8 Å². The topological polar surface area (TPSA) is 12.5 Å². The summed E-state index contributed by atoms with van der Waals surface area (Å²) in [5.74, 6) is 0.881. The standard InChI is InChI=1S/C22H23NO/c1-15-19-9-5-7-16-8-6-10-20(21(16)19)23(22(15,2)3)17-11-13-18(24-4)14-12-17/h5,7,9-14H,1,6,8H2,2-4H3. The number of hydrogen-bond acceptors (Lipinski definition) is 2. The summed E-state index contributed by atoms with van der Waals surface area (Å²) in [7, 11) is 1.70. The van der Waals surface area contributed by atoms with Crippen molar-refractivity contribution >= 4 is 17.0 Å². The van der Waals surface area contributed by atoms with Gasteiger partial charge in [-0.3, -0.25) is 0 Å². The van der Waals surface area contributed by atoms with Gasteiger partial charge in [-0.05, 0) is 67.7 Å². The predicted molar refractivity (Wildman–Crippen MR) is 101 cm³/mol. The van der Waals surface area contributed by atoms with Crippen LogP contribution < -0.4 is 9.64 Å². The second-order valence-electron chi connectivity index (χ2n) is 7.04. The van der Waals surface area contributed by atoms with Crippen LogP contribution in [0.3, 0.4) is 0 Å². The van der Waals surface area contributed by atoms with Crippen LogP contribution in [0.25, 0.3) is 11.3 Å². The highest BCUT2D eigenvalue weighted by atomic mass is 16.5. The second-order valence-corrected chi connectivity index (χ2v) is 7.04. The van der Waals surface area contributed by atoms with Crippen molar-refractivity contribution in [3.63, 3.8) is 0 Å².